The van der Waals surface area contributed by atoms with Gasteiger partial charge in [-0.15, -0.1) is 0 Å². The van der Waals surface area contributed by atoms with Crippen LogP contribution in [0.3, 0.4) is 0 Å². The summed E-state index contributed by atoms with van der Waals surface area (Å²) in [4.78, 5) is 23.9. The van der Waals surface area contributed by atoms with E-state index in [0.717, 1.165) is 5.56 Å². The van der Waals surface area contributed by atoms with Crippen molar-refractivity contribution in [1.82, 2.24) is 5.43 Å². The van der Waals surface area contributed by atoms with Crippen LogP contribution >= 0.6 is 0 Å². The summed E-state index contributed by atoms with van der Waals surface area (Å²) in [6, 6.07) is 14.5. The molecule has 7 nitrogen and oxygen atoms in total. The molecule has 0 spiro atoms. The van der Waals surface area contributed by atoms with Crippen LogP contribution in [0.4, 0.5) is 5.69 Å². The van der Waals surface area contributed by atoms with E-state index in [0.29, 0.717) is 22.9 Å². The third kappa shape index (κ3) is 6.81. The smallest absolute Gasteiger partial charge is 0.277 e. The van der Waals surface area contributed by atoms with Crippen LogP contribution in [0.2, 0.25) is 0 Å². The van der Waals surface area contributed by atoms with E-state index in [-0.39, 0.29) is 18.9 Å². The fraction of sp³-hybridized carbons (Fsp3) is 0.250. The molecule has 0 saturated carbocycles. The maximum atomic E-state index is 12.2. The number of hydrogen-bond donors (Lipinski definition) is 2. The van der Waals surface area contributed by atoms with Gasteiger partial charge in [-0.25, -0.2) is 5.43 Å². The van der Waals surface area contributed by atoms with Crippen LogP contribution in [0.25, 0.3) is 0 Å². The second kappa shape index (κ2) is 9.96. The number of methoxy groups -OCH3 is 1. The molecule has 2 aromatic carbocycles. The Morgan fingerprint density at radius 1 is 1.07 bits per heavy atom. The van der Waals surface area contributed by atoms with Crippen molar-refractivity contribution in [3.63, 3.8) is 0 Å². The van der Waals surface area contributed by atoms with E-state index in [4.69, 9.17) is 9.47 Å². The highest BCUT2D eigenvalue weighted by atomic mass is 16.5. The maximum absolute atomic E-state index is 12.2. The highest BCUT2D eigenvalue weighted by Crippen LogP contribution is 2.25. The van der Waals surface area contributed by atoms with Gasteiger partial charge < -0.3 is 14.8 Å². The van der Waals surface area contributed by atoms with Gasteiger partial charge in [0.15, 0.2) is 6.61 Å². The highest BCUT2D eigenvalue weighted by Gasteiger charge is 2.10. The van der Waals surface area contributed by atoms with Gasteiger partial charge in [0.2, 0.25) is 5.91 Å². The van der Waals surface area contributed by atoms with E-state index in [1.54, 1.807) is 32.2 Å². The Balaban J connectivity index is 1.81. The Morgan fingerprint density at radius 2 is 1.81 bits per heavy atom. The zero-order valence-electron chi connectivity index (χ0n) is 15.6. The normalized spacial score (nSPS) is 10.9. The van der Waals surface area contributed by atoms with Gasteiger partial charge >= 0.3 is 0 Å². The molecule has 0 aromatic heterocycles. The molecule has 0 aliphatic carbocycles. The number of benzene rings is 2. The summed E-state index contributed by atoms with van der Waals surface area (Å²) >= 11 is 0. The number of rotatable bonds is 8. The summed E-state index contributed by atoms with van der Waals surface area (Å²) in [5.74, 6) is 0.517. The molecule has 2 rings (SSSR count). The van der Waals surface area contributed by atoms with E-state index in [1.165, 1.54) is 0 Å². The molecule has 0 aliphatic heterocycles. The molecular formula is C20H23N3O4. The van der Waals surface area contributed by atoms with Gasteiger partial charge in [0.05, 0.1) is 19.2 Å². The van der Waals surface area contributed by atoms with Crippen LogP contribution in [-0.2, 0) is 9.59 Å². The minimum absolute atomic E-state index is 0.0386. The molecule has 0 bridgehead atoms. The Labute approximate surface area is 158 Å². The molecular weight excluding hydrogens is 346 g/mol. The second-order valence-corrected chi connectivity index (χ2v) is 5.91. The van der Waals surface area contributed by atoms with Crippen LogP contribution in [-0.4, -0.2) is 31.2 Å². The van der Waals surface area contributed by atoms with Gasteiger partial charge in [-0.05, 0) is 43.7 Å². The molecule has 2 N–H and O–H groups in total. The molecule has 0 aliphatic rings. The molecule has 0 saturated heterocycles. The lowest BCUT2D eigenvalue weighted by Gasteiger charge is -2.11. The second-order valence-electron chi connectivity index (χ2n) is 5.91. The summed E-state index contributed by atoms with van der Waals surface area (Å²) in [6.07, 6.45) is 0.0386. The minimum atomic E-state index is -0.404. The summed E-state index contributed by atoms with van der Waals surface area (Å²) < 4.78 is 10.6. The predicted molar refractivity (Wildman–Crippen MR) is 104 cm³/mol. The summed E-state index contributed by atoms with van der Waals surface area (Å²) in [5, 5.41) is 6.71. The molecule has 0 unspecified atom stereocenters. The lowest BCUT2D eigenvalue weighted by molar-refractivity contribution is -0.123. The van der Waals surface area contributed by atoms with E-state index >= 15 is 0 Å². The summed E-state index contributed by atoms with van der Waals surface area (Å²) in [5.41, 5.74) is 4.43. The van der Waals surface area contributed by atoms with Crippen molar-refractivity contribution in [2.45, 2.75) is 20.3 Å². The number of carbonyl (C=O) groups excluding carboxylic acids is 2. The first kappa shape index (κ1) is 20.0. The molecule has 142 valence electrons. The van der Waals surface area contributed by atoms with E-state index < -0.39 is 5.91 Å². The van der Waals surface area contributed by atoms with Gasteiger partial charge in [-0.1, -0.05) is 24.3 Å². The first-order valence-corrected chi connectivity index (χ1v) is 8.42. The van der Waals surface area contributed by atoms with Crippen molar-refractivity contribution < 1.29 is 19.1 Å². The Morgan fingerprint density at radius 3 is 2.52 bits per heavy atom. The first-order valence-electron chi connectivity index (χ1n) is 8.42. The summed E-state index contributed by atoms with van der Waals surface area (Å²) in [7, 11) is 1.54. The Hall–Kier alpha value is -3.35. The molecule has 2 amide bonds. The number of para-hydroxylation sites is 1. The standard InChI is InChI=1S/C20H23N3O4/c1-14-9-10-18(26-3)17(11-14)21-19(24)12-15(2)22-23-20(25)13-27-16-7-5-4-6-8-16/h4-11H,12-13H2,1-3H3,(H,21,24)(H,23,25)/b22-15-. The van der Waals surface area contributed by atoms with Gasteiger partial charge in [-0.2, -0.15) is 5.10 Å². The van der Waals surface area contributed by atoms with Gasteiger partial charge in [0, 0.05) is 5.71 Å². The number of nitrogens with zero attached hydrogens (tertiary/aromatic N) is 1. The monoisotopic (exact) mass is 369 g/mol. The van der Waals surface area contributed by atoms with Crippen molar-refractivity contribution in [2.24, 2.45) is 5.10 Å². The third-order valence-electron chi connectivity index (χ3n) is 3.53. The Kier molecular flexibility index (Phi) is 7.37. The maximum Gasteiger partial charge on any atom is 0.277 e. The fourth-order valence-corrected chi connectivity index (χ4v) is 2.24. The van der Waals surface area contributed by atoms with Crippen molar-refractivity contribution in [3.8, 4) is 11.5 Å². The Bertz CT molecular complexity index is 819. The zero-order valence-corrected chi connectivity index (χ0v) is 15.6. The number of ether oxygens (including phenoxy) is 2. The van der Waals surface area contributed by atoms with E-state index in [9.17, 15) is 9.59 Å². The molecule has 0 fully saturated rings. The molecule has 0 heterocycles. The van der Waals surface area contributed by atoms with Crippen LogP contribution < -0.4 is 20.2 Å². The van der Waals surface area contributed by atoms with Crippen molar-refractivity contribution in [1.29, 1.82) is 0 Å². The van der Waals surface area contributed by atoms with E-state index in [1.807, 2.05) is 37.3 Å². The highest BCUT2D eigenvalue weighted by molar-refractivity contribution is 6.06. The topological polar surface area (TPSA) is 89.0 Å². The number of amides is 2. The van der Waals surface area contributed by atoms with Crippen molar-refractivity contribution in [3.05, 3.63) is 54.1 Å². The van der Waals surface area contributed by atoms with Crippen LogP contribution in [0, 0.1) is 6.92 Å². The van der Waals surface area contributed by atoms with Gasteiger partial charge in [0.1, 0.15) is 11.5 Å². The molecule has 7 heteroatoms. The molecule has 0 atom stereocenters. The zero-order chi connectivity index (χ0) is 19.6. The van der Waals surface area contributed by atoms with Crippen molar-refractivity contribution in [2.75, 3.05) is 19.0 Å². The van der Waals surface area contributed by atoms with Gasteiger partial charge in [0.25, 0.3) is 5.91 Å². The lowest BCUT2D eigenvalue weighted by Crippen LogP contribution is -2.26. The van der Waals surface area contributed by atoms with E-state index in [2.05, 4.69) is 15.8 Å². The SMILES string of the molecule is COc1ccc(C)cc1NC(=O)C/C(C)=N\NC(=O)COc1ccccc1. The number of carbonyl (C=O) groups is 2. The number of hydrazone groups is 1. The number of hydrogen-bond acceptors (Lipinski definition) is 5. The number of aryl methyl sites for hydroxylation is 1. The van der Waals surface area contributed by atoms with Crippen LogP contribution in [0.5, 0.6) is 11.5 Å². The van der Waals surface area contributed by atoms with Crippen molar-refractivity contribution >= 4 is 23.2 Å². The molecule has 2 aromatic rings. The molecule has 27 heavy (non-hydrogen) atoms. The van der Waals surface area contributed by atoms with Gasteiger partial charge in [-0.3, -0.25) is 9.59 Å². The average Bonchev–Trinajstić information content (AvgIpc) is 2.65. The third-order valence-corrected chi connectivity index (χ3v) is 3.53. The largest absolute Gasteiger partial charge is 0.495 e. The number of anilines is 1. The van der Waals surface area contributed by atoms with Crippen LogP contribution in [0.15, 0.2) is 53.6 Å². The van der Waals surface area contributed by atoms with Crippen LogP contribution in [0.1, 0.15) is 18.9 Å². The quantitative estimate of drug-likeness (QED) is 0.553. The lowest BCUT2D eigenvalue weighted by atomic mass is 10.2. The summed E-state index contributed by atoms with van der Waals surface area (Å²) in [6.45, 7) is 3.42. The average molecular weight is 369 g/mol. The molecule has 0 radical (unpaired) electrons. The fourth-order valence-electron chi connectivity index (χ4n) is 2.24. The number of nitrogens with one attached hydrogen (secondary N) is 2. The first-order chi connectivity index (χ1) is 13.0. The minimum Gasteiger partial charge on any atom is -0.495 e. The predicted octanol–water partition coefficient (Wildman–Crippen LogP) is 2.90.